The predicted octanol–water partition coefficient (Wildman–Crippen LogP) is 4.29. The summed E-state index contributed by atoms with van der Waals surface area (Å²) in [6.07, 6.45) is 8.19. The van der Waals surface area contributed by atoms with E-state index in [0.29, 0.717) is 6.79 Å². The molecule has 0 bridgehead atoms. The minimum absolute atomic E-state index is 0.0699. The third kappa shape index (κ3) is 3.31. The molecule has 2 aromatic rings. The number of thiophene rings is 1. The number of nitrogens with zero attached hydrogens (tertiary/aromatic N) is 3. The first-order valence-corrected chi connectivity index (χ1v) is 10.6. The van der Waals surface area contributed by atoms with Crippen molar-refractivity contribution >= 4 is 27.3 Å². The summed E-state index contributed by atoms with van der Waals surface area (Å²) in [5.41, 5.74) is -0.0699. The van der Waals surface area contributed by atoms with Gasteiger partial charge in [-0.05, 0) is 53.7 Å². The Kier molecular flexibility index (Phi) is 5.27. The number of fused-ring (bicyclic) bond motifs is 1. The van der Waals surface area contributed by atoms with Crippen LogP contribution in [0.1, 0.15) is 55.1 Å². The van der Waals surface area contributed by atoms with Gasteiger partial charge in [0, 0.05) is 25.0 Å². The van der Waals surface area contributed by atoms with Gasteiger partial charge in [0.05, 0.1) is 15.3 Å². The largest absolute Gasteiger partial charge is 0.359 e. The second kappa shape index (κ2) is 7.47. The van der Waals surface area contributed by atoms with Crippen molar-refractivity contribution in [1.82, 2.24) is 14.8 Å². The Balaban J connectivity index is 1.68. The third-order valence-corrected chi connectivity index (χ3v) is 7.23. The van der Waals surface area contributed by atoms with Gasteiger partial charge in [0.2, 0.25) is 0 Å². The van der Waals surface area contributed by atoms with Crippen molar-refractivity contribution in [2.24, 2.45) is 0 Å². The van der Waals surface area contributed by atoms with Gasteiger partial charge in [-0.2, -0.15) is 0 Å². The number of hydrogen-bond donors (Lipinski definition) is 0. The standard InChI is InChI=1S/C18H24BrN3O2S/c1-23-12-24-13-10-18(11-13,14-7-8-15(19)25-14)17-21-20-16-6-4-2-3-5-9-22(16)17/h7-8,13H,2-6,9-12H2,1H3. The number of ether oxygens (including phenoxy) is 2. The van der Waals surface area contributed by atoms with Crippen molar-refractivity contribution in [3.8, 4) is 0 Å². The highest BCUT2D eigenvalue weighted by Crippen LogP contribution is 2.52. The third-order valence-electron chi connectivity index (χ3n) is 5.41. The number of hydrogen-bond acceptors (Lipinski definition) is 5. The molecule has 0 aromatic carbocycles. The molecule has 0 radical (unpaired) electrons. The second-order valence-corrected chi connectivity index (χ2v) is 9.51. The van der Waals surface area contributed by atoms with Gasteiger partial charge in [0.15, 0.2) is 0 Å². The molecule has 3 heterocycles. The predicted molar refractivity (Wildman–Crippen MR) is 101 cm³/mol. The lowest BCUT2D eigenvalue weighted by Crippen LogP contribution is -2.48. The molecular formula is C18H24BrN3O2S. The van der Waals surface area contributed by atoms with Gasteiger partial charge in [-0.15, -0.1) is 21.5 Å². The minimum Gasteiger partial charge on any atom is -0.359 e. The molecule has 5 nitrogen and oxygen atoms in total. The van der Waals surface area contributed by atoms with Gasteiger partial charge < -0.3 is 14.0 Å². The highest BCUT2D eigenvalue weighted by molar-refractivity contribution is 9.11. The van der Waals surface area contributed by atoms with Crippen LogP contribution in [0, 0.1) is 0 Å². The number of aryl methyl sites for hydroxylation is 1. The smallest absolute Gasteiger partial charge is 0.146 e. The van der Waals surface area contributed by atoms with Crippen LogP contribution in [0.5, 0.6) is 0 Å². The van der Waals surface area contributed by atoms with Crippen molar-refractivity contribution in [2.45, 2.75) is 63.0 Å². The molecule has 1 aliphatic carbocycles. The quantitative estimate of drug-likeness (QED) is 0.670. The molecule has 2 aromatic heterocycles. The van der Waals surface area contributed by atoms with E-state index in [-0.39, 0.29) is 11.5 Å². The second-order valence-electron chi connectivity index (χ2n) is 7.05. The molecule has 0 N–H and O–H groups in total. The lowest BCUT2D eigenvalue weighted by atomic mass is 9.65. The van der Waals surface area contributed by atoms with E-state index in [0.717, 1.165) is 41.2 Å². The fourth-order valence-corrected chi connectivity index (χ4v) is 5.67. The van der Waals surface area contributed by atoms with Gasteiger partial charge in [-0.3, -0.25) is 0 Å². The van der Waals surface area contributed by atoms with E-state index in [1.54, 1.807) is 18.4 Å². The summed E-state index contributed by atoms with van der Waals surface area (Å²) in [7, 11) is 1.67. The Morgan fingerprint density at radius 2 is 2.08 bits per heavy atom. The van der Waals surface area contributed by atoms with Gasteiger partial charge in [-0.1, -0.05) is 12.8 Å². The van der Waals surface area contributed by atoms with Crippen molar-refractivity contribution in [3.63, 3.8) is 0 Å². The molecule has 1 aliphatic heterocycles. The molecule has 2 aliphatic rings. The normalized spacial score (nSPS) is 26.6. The van der Waals surface area contributed by atoms with Crippen molar-refractivity contribution in [2.75, 3.05) is 13.9 Å². The molecule has 25 heavy (non-hydrogen) atoms. The van der Waals surface area contributed by atoms with E-state index in [1.807, 2.05) is 0 Å². The van der Waals surface area contributed by atoms with Crippen molar-refractivity contribution in [1.29, 1.82) is 0 Å². The molecule has 0 saturated heterocycles. The van der Waals surface area contributed by atoms with Crippen LogP contribution in [0.15, 0.2) is 15.9 Å². The van der Waals surface area contributed by atoms with Crippen LogP contribution in [-0.4, -0.2) is 34.8 Å². The van der Waals surface area contributed by atoms with E-state index in [4.69, 9.17) is 14.6 Å². The highest BCUT2D eigenvalue weighted by Gasteiger charge is 2.52. The molecule has 4 rings (SSSR count). The Labute approximate surface area is 160 Å². The molecular weight excluding hydrogens is 402 g/mol. The fraction of sp³-hybridized carbons (Fsp3) is 0.667. The Bertz CT molecular complexity index is 724. The van der Waals surface area contributed by atoms with E-state index < -0.39 is 0 Å². The van der Waals surface area contributed by atoms with Gasteiger partial charge in [0.1, 0.15) is 18.4 Å². The molecule has 1 fully saturated rings. The van der Waals surface area contributed by atoms with Crippen LogP contribution < -0.4 is 0 Å². The minimum atomic E-state index is -0.0699. The average Bonchev–Trinajstić information content (AvgIpc) is 3.13. The van der Waals surface area contributed by atoms with Crippen LogP contribution in [0.3, 0.4) is 0 Å². The zero-order valence-electron chi connectivity index (χ0n) is 14.5. The molecule has 136 valence electrons. The van der Waals surface area contributed by atoms with Crippen molar-refractivity contribution in [3.05, 3.63) is 32.4 Å². The Morgan fingerprint density at radius 3 is 2.84 bits per heavy atom. The maximum Gasteiger partial charge on any atom is 0.146 e. The van der Waals surface area contributed by atoms with Gasteiger partial charge in [0.25, 0.3) is 0 Å². The maximum absolute atomic E-state index is 5.81. The molecule has 0 amide bonds. The van der Waals surface area contributed by atoms with E-state index in [9.17, 15) is 0 Å². The first-order chi connectivity index (χ1) is 12.2. The first-order valence-electron chi connectivity index (χ1n) is 9.02. The molecule has 1 saturated carbocycles. The van der Waals surface area contributed by atoms with Gasteiger partial charge >= 0.3 is 0 Å². The zero-order valence-corrected chi connectivity index (χ0v) is 16.9. The molecule has 7 heteroatoms. The number of methoxy groups -OCH3 is 1. The lowest BCUT2D eigenvalue weighted by Gasteiger charge is -2.46. The fourth-order valence-electron chi connectivity index (χ4n) is 4.08. The molecule has 0 unspecified atom stereocenters. The first kappa shape index (κ1) is 17.6. The average molecular weight is 426 g/mol. The highest BCUT2D eigenvalue weighted by atomic mass is 79.9. The van der Waals surface area contributed by atoms with Crippen LogP contribution in [-0.2, 0) is 27.9 Å². The number of halogens is 1. The van der Waals surface area contributed by atoms with E-state index in [1.165, 1.54) is 30.6 Å². The number of rotatable bonds is 5. The monoisotopic (exact) mass is 425 g/mol. The molecule has 0 spiro atoms. The summed E-state index contributed by atoms with van der Waals surface area (Å²) in [4.78, 5) is 1.36. The number of aromatic nitrogens is 3. The van der Waals surface area contributed by atoms with Crippen LogP contribution >= 0.6 is 27.3 Å². The molecule has 0 atom stereocenters. The summed E-state index contributed by atoms with van der Waals surface area (Å²) >= 11 is 5.42. The van der Waals surface area contributed by atoms with Crippen LogP contribution in [0.2, 0.25) is 0 Å². The topological polar surface area (TPSA) is 49.2 Å². The zero-order chi connectivity index (χ0) is 17.3. The summed E-state index contributed by atoms with van der Waals surface area (Å²) < 4.78 is 14.5. The van der Waals surface area contributed by atoms with E-state index >= 15 is 0 Å². The Hall–Kier alpha value is -0.760. The van der Waals surface area contributed by atoms with Crippen LogP contribution in [0.25, 0.3) is 0 Å². The summed E-state index contributed by atoms with van der Waals surface area (Å²) in [6.45, 7) is 1.39. The van der Waals surface area contributed by atoms with E-state index in [2.05, 4.69) is 37.7 Å². The lowest BCUT2D eigenvalue weighted by molar-refractivity contribution is -0.116. The summed E-state index contributed by atoms with van der Waals surface area (Å²) in [5.74, 6) is 2.29. The SMILES string of the molecule is COCOC1CC(c2ccc(Br)s2)(c2nnc3n2CCCCCC3)C1. The summed E-state index contributed by atoms with van der Waals surface area (Å²) in [5, 5.41) is 9.26. The van der Waals surface area contributed by atoms with Crippen molar-refractivity contribution < 1.29 is 9.47 Å². The maximum atomic E-state index is 5.81. The Morgan fingerprint density at radius 1 is 1.24 bits per heavy atom. The summed E-state index contributed by atoms with van der Waals surface area (Å²) in [6, 6.07) is 4.36. The van der Waals surface area contributed by atoms with Gasteiger partial charge in [-0.25, -0.2) is 0 Å². The van der Waals surface area contributed by atoms with Crippen LogP contribution in [0.4, 0.5) is 0 Å².